The Kier molecular flexibility index (Phi) is 5.01. The van der Waals surface area contributed by atoms with Crippen LogP contribution in [0.1, 0.15) is 0 Å². The fourth-order valence-electron chi connectivity index (χ4n) is 2.49. The lowest BCUT2D eigenvalue weighted by atomic mass is 10.2. The average molecular weight is 265 g/mol. The van der Waals surface area contributed by atoms with Crippen molar-refractivity contribution in [3.8, 4) is 5.75 Å². The molecule has 1 atom stereocenters. The highest BCUT2D eigenvalue weighted by atomic mass is 16.5. The summed E-state index contributed by atoms with van der Waals surface area (Å²) in [4.78, 5) is 4.60. The molecule has 1 heterocycles. The SMILES string of the molecule is COc1cccc(N2CCN(C(CN)CO)CC2)c1. The average Bonchev–Trinajstić information content (AvgIpc) is 2.49. The van der Waals surface area contributed by atoms with Gasteiger partial charge >= 0.3 is 0 Å². The summed E-state index contributed by atoms with van der Waals surface area (Å²) in [6, 6.07) is 8.21. The molecule has 19 heavy (non-hydrogen) atoms. The topological polar surface area (TPSA) is 62.0 Å². The maximum Gasteiger partial charge on any atom is 0.120 e. The van der Waals surface area contributed by atoms with Crippen LogP contribution < -0.4 is 15.4 Å². The third-order valence-corrected chi connectivity index (χ3v) is 3.73. The second-order valence-corrected chi connectivity index (χ2v) is 4.80. The van der Waals surface area contributed by atoms with Gasteiger partial charge in [0.25, 0.3) is 0 Å². The van der Waals surface area contributed by atoms with Crippen molar-refractivity contribution in [3.63, 3.8) is 0 Å². The van der Waals surface area contributed by atoms with Gasteiger partial charge in [0.05, 0.1) is 13.7 Å². The van der Waals surface area contributed by atoms with E-state index in [0.717, 1.165) is 31.9 Å². The fraction of sp³-hybridized carbons (Fsp3) is 0.571. The zero-order valence-electron chi connectivity index (χ0n) is 11.5. The van der Waals surface area contributed by atoms with Gasteiger partial charge in [-0.25, -0.2) is 0 Å². The number of nitrogens with two attached hydrogens (primary N) is 1. The standard InChI is InChI=1S/C14H23N3O2/c1-19-14-4-2-3-12(9-14)16-5-7-17(8-6-16)13(10-15)11-18/h2-4,9,13,18H,5-8,10-11,15H2,1H3. The molecule has 1 aliphatic heterocycles. The molecule has 0 amide bonds. The number of ether oxygens (including phenoxy) is 1. The van der Waals surface area contributed by atoms with E-state index in [9.17, 15) is 5.11 Å². The van der Waals surface area contributed by atoms with Gasteiger partial charge in [0.1, 0.15) is 5.75 Å². The maximum atomic E-state index is 9.28. The summed E-state index contributed by atoms with van der Waals surface area (Å²) in [6.07, 6.45) is 0. The third kappa shape index (κ3) is 3.37. The van der Waals surface area contributed by atoms with Crippen molar-refractivity contribution in [2.75, 3.05) is 51.3 Å². The molecule has 0 spiro atoms. The minimum absolute atomic E-state index is 0.0902. The third-order valence-electron chi connectivity index (χ3n) is 3.73. The highest BCUT2D eigenvalue weighted by molar-refractivity contribution is 5.51. The molecule has 1 aromatic rings. The van der Waals surface area contributed by atoms with Crippen LogP contribution >= 0.6 is 0 Å². The van der Waals surface area contributed by atoms with E-state index in [1.807, 2.05) is 12.1 Å². The smallest absolute Gasteiger partial charge is 0.120 e. The van der Waals surface area contributed by atoms with Gasteiger partial charge in [0.2, 0.25) is 0 Å². The predicted octanol–water partition coefficient (Wildman–Crippen LogP) is 0.137. The van der Waals surface area contributed by atoms with E-state index in [1.54, 1.807) is 7.11 Å². The van der Waals surface area contributed by atoms with E-state index in [0.29, 0.717) is 6.54 Å². The van der Waals surface area contributed by atoms with Crippen molar-refractivity contribution in [2.24, 2.45) is 5.73 Å². The van der Waals surface area contributed by atoms with E-state index in [2.05, 4.69) is 21.9 Å². The fourth-order valence-corrected chi connectivity index (χ4v) is 2.49. The Bertz CT molecular complexity index is 388. The number of nitrogens with zero attached hydrogens (tertiary/aromatic N) is 2. The molecule has 5 nitrogen and oxygen atoms in total. The summed E-state index contributed by atoms with van der Waals surface area (Å²) >= 11 is 0. The van der Waals surface area contributed by atoms with Gasteiger partial charge in [0.15, 0.2) is 0 Å². The summed E-state index contributed by atoms with van der Waals surface area (Å²) in [5.41, 5.74) is 6.85. The predicted molar refractivity (Wildman–Crippen MR) is 76.7 cm³/mol. The number of anilines is 1. The van der Waals surface area contributed by atoms with Gasteiger partial charge < -0.3 is 20.5 Å². The van der Waals surface area contributed by atoms with Gasteiger partial charge in [-0.1, -0.05) is 6.07 Å². The Balaban J connectivity index is 1.95. The van der Waals surface area contributed by atoms with Crippen LogP contribution in [0, 0.1) is 0 Å². The molecule has 0 saturated carbocycles. The van der Waals surface area contributed by atoms with Crippen LogP contribution in [0.5, 0.6) is 5.75 Å². The first kappa shape index (κ1) is 14.1. The second-order valence-electron chi connectivity index (χ2n) is 4.80. The molecule has 1 aliphatic rings. The van der Waals surface area contributed by atoms with E-state index >= 15 is 0 Å². The van der Waals surface area contributed by atoms with Crippen LogP contribution in [0.4, 0.5) is 5.69 Å². The van der Waals surface area contributed by atoms with Crippen LogP contribution in [0.15, 0.2) is 24.3 Å². The number of methoxy groups -OCH3 is 1. The van der Waals surface area contributed by atoms with Crippen molar-refractivity contribution in [3.05, 3.63) is 24.3 Å². The molecule has 1 saturated heterocycles. The highest BCUT2D eigenvalue weighted by Gasteiger charge is 2.22. The van der Waals surface area contributed by atoms with Gasteiger partial charge in [-0.05, 0) is 12.1 Å². The first-order valence-corrected chi connectivity index (χ1v) is 6.72. The summed E-state index contributed by atoms with van der Waals surface area (Å²) in [7, 11) is 1.68. The summed E-state index contributed by atoms with van der Waals surface area (Å²) < 4.78 is 5.25. The van der Waals surface area contributed by atoms with E-state index < -0.39 is 0 Å². The lowest BCUT2D eigenvalue weighted by Crippen LogP contribution is -2.53. The first-order valence-electron chi connectivity index (χ1n) is 6.72. The van der Waals surface area contributed by atoms with Crippen LogP contribution in [0.2, 0.25) is 0 Å². The van der Waals surface area contributed by atoms with Crippen LogP contribution in [0.3, 0.4) is 0 Å². The molecule has 3 N–H and O–H groups in total. The van der Waals surface area contributed by atoms with Gasteiger partial charge in [-0.2, -0.15) is 0 Å². The lowest BCUT2D eigenvalue weighted by molar-refractivity contribution is 0.122. The Labute approximate surface area is 114 Å². The normalized spacial score (nSPS) is 18.4. The van der Waals surface area contributed by atoms with Gasteiger partial charge in [-0.3, -0.25) is 4.90 Å². The Morgan fingerprint density at radius 3 is 2.63 bits per heavy atom. The van der Waals surface area contributed by atoms with Gasteiger partial charge in [-0.15, -0.1) is 0 Å². The van der Waals surface area contributed by atoms with Crippen molar-refractivity contribution >= 4 is 5.69 Å². The highest BCUT2D eigenvalue weighted by Crippen LogP contribution is 2.22. The van der Waals surface area contributed by atoms with Crippen molar-refractivity contribution < 1.29 is 9.84 Å². The zero-order valence-corrected chi connectivity index (χ0v) is 11.5. The number of hydrogen-bond donors (Lipinski definition) is 2. The Morgan fingerprint density at radius 2 is 2.05 bits per heavy atom. The summed E-state index contributed by atoms with van der Waals surface area (Å²) in [5, 5.41) is 9.28. The van der Waals surface area contributed by atoms with Crippen molar-refractivity contribution in [1.82, 2.24) is 4.90 Å². The number of benzene rings is 1. The Morgan fingerprint density at radius 1 is 1.32 bits per heavy atom. The van der Waals surface area contributed by atoms with Gasteiger partial charge in [0, 0.05) is 50.5 Å². The number of piperazine rings is 1. The minimum Gasteiger partial charge on any atom is -0.497 e. The van der Waals surface area contributed by atoms with E-state index in [4.69, 9.17) is 10.5 Å². The number of aliphatic hydroxyl groups excluding tert-OH is 1. The Hall–Kier alpha value is -1.30. The number of rotatable bonds is 5. The minimum atomic E-state index is 0.0902. The summed E-state index contributed by atoms with van der Waals surface area (Å²) in [6.45, 7) is 4.40. The molecule has 0 aliphatic carbocycles. The second kappa shape index (κ2) is 6.75. The molecule has 0 bridgehead atoms. The van der Waals surface area contributed by atoms with Crippen LogP contribution in [-0.2, 0) is 0 Å². The molecule has 1 fully saturated rings. The molecule has 1 unspecified atom stereocenters. The first-order chi connectivity index (χ1) is 9.28. The summed E-state index contributed by atoms with van der Waals surface area (Å²) in [5.74, 6) is 0.884. The van der Waals surface area contributed by atoms with Crippen LogP contribution in [0.25, 0.3) is 0 Å². The molecule has 106 valence electrons. The van der Waals surface area contributed by atoms with Crippen molar-refractivity contribution in [2.45, 2.75) is 6.04 Å². The maximum absolute atomic E-state index is 9.28. The van der Waals surface area contributed by atoms with Crippen molar-refractivity contribution in [1.29, 1.82) is 0 Å². The number of hydrogen-bond acceptors (Lipinski definition) is 5. The zero-order chi connectivity index (χ0) is 13.7. The molecule has 1 aromatic carbocycles. The molecule has 5 heteroatoms. The number of aliphatic hydroxyl groups is 1. The van der Waals surface area contributed by atoms with E-state index in [-0.39, 0.29) is 12.6 Å². The lowest BCUT2D eigenvalue weighted by Gasteiger charge is -2.39. The molecule has 0 radical (unpaired) electrons. The van der Waals surface area contributed by atoms with E-state index in [1.165, 1.54) is 5.69 Å². The monoisotopic (exact) mass is 265 g/mol. The molecular weight excluding hydrogens is 242 g/mol. The molecular formula is C14H23N3O2. The molecule has 0 aromatic heterocycles. The quantitative estimate of drug-likeness (QED) is 0.793. The molecule has 2 rings (SSSR count). The van der Waals surface area contributed by atoms with Crippen LogP contribution in [-0.4, -0.2) is 62.5 Å². The largest absolute Gasteiger partial charge is 0.497 e.